The Morgan fingerprint density at radius 3 is 2.55 bits per heavy atom. The number of hydrogen-bond acceptors (Lipinski definition) is 1. The van der Waals surface area contributed by atoms with Crippen molar-refractivity contribution in [1.82, 2.24) is 5.90 Å². The van der Waals surface area contributed by atoms with E-state index in [1.165, 1.54) is 38.4 Å². The second-order valence-corrected chi connectivity index (χ2v) is 2.68. The van der Waals surface area contributed by atoms with Gasteiger partial charge < -0.3 is 4.84 Å². The topological polar surface area (TPSA) is 31.5 Å². The first-order chi connectivity index (χ1) is 5.41. The van der Waals surface area contributed by atoms with Crippen molar-refractivity contribution in [2.24, 2.45) is 0 Å². The van der Waals surface area contributed by atoms with E-state index in [1.54, 1.807) is 0 Å². The molecule has 0 aliphatic rings. The van der Waals surface area contributed by atoms with Gasteiger partial charge in [-0.2, -0.15) is 0 Å². The Morgan fingerprint density at radius 2 is 1.91 bits per heavy atom. The van der Waals surface area contributed by atoms with Gasteiger partial charge in [0.25, 0.3) is 0 Å². The highest BCUT2D eigenvalue weighted by molar-refractivity contribution is 4.71. The number of allylic oxidation sites excluding steroid dienone is 1. The maximum atomic E-state index is 7.92. The molecule has 0 amide bonds. The van der Waals surface area contributed by atoms with Gasteiger partial charge in [-0.05, 0) is 18.9 Å². The van der Waals surface area contributed by atoms with Crippen LogP contribution in [0.5, 0.6) is 0 Å². The van der Waals surface area contributed by atoms with Gasteiger partial charge in [-0.25, -0.2) is 0 Å². The minimum absolute atomic E-state index is 1.00. The quantitative estimate of drug-likeness (QED) is 0.316. The third kappa shape index (κ3) is 9.50. The molecule has 64 valence electrons. The molecule has 0 saturated heterocycles. The van der Waals surface area contributed by atoms with E-state index in [4.69, 9.17) is 5.90 Å². The van der Waals surface area contributed by atoms with Crippen LogP contribution in [0, 0.1) is 0 Å². The molecule has 2 radical (unpaired) electrons. The molecule has 0 aromatic heterocycles. The van der Waals surface area contributed by atoms with Crippen molar-refractivity contribution in [3.63, 3.8) is 0 Å². The molecule has 0 rings (SSSR count). The molecule has 2 heteroatoms. The summed E-state index contributed by atoms with van der Waals surface area (Å²) in [6.07, 6.45) is 10.6. The van der Waals surface area contributed by atoms with Gasteiger partial charge >= 0.3 is 0 Å². The summed E-state index contributed by atoms with van der Waals surface area (Å²) in [6.45, 7) is 2.21. The van der Waals surface area contributed by atoms with Crippen molar-refractivity contribution in [2.75, 3.05) is 0 Å². The van der Waals surface area contributed by atoms with E-state index >= 15 is 0 Å². The summed E-state index contributed by atoms with van der Waals surface area (Å²) in [5, 5.41) is 0. The van der Waals surface area contributed by atoms with Crippen molar-refractivity contribution in [1.29, 1.82) is 0 Å². The van der Waals surface area contributed by atoms with E-state index in [0.29, 0.717) is 0 Å². The molecule has 2 nitrogen and oxygen atoms in total. The Kier molecular flexibility index (Phi) is 9.07. The predicted molar refractivity (Wildman–Crippen MR) is 45.7 cm³/mol. The summed E-state index contributed by atoms with van der Waals surface area (Å²) in [4.78, 5) is 3.79. The zero-order valence-electron chi connectivity index (χ0n) is 7.25. The standard InChI is InChI=1S/C9H17NO/c1-2-3-4-5-6-7-8-9-11-10/h8-9H,2-7H2,1H3/b9-8+. The SMILES string of the molecule is CCCCCCC/C=C/O[N]. The van der Waals surface area contributed by atoms with Crippen LogP contribution in [0.4, 0.5) is 0 Å². The molecule has 0 aromatic carbocycles. The first kappa shape index (κ1) is 10.5. The maximum Gasteiger partial charge on any atom is 0.111 e. The average molecular weight is 155 g/mol. The Morgan fingerprint density at radius 1 is 1.18 bits per heavy atom. The molecule has 0 unspecified atom stereocenters. The van der Waals surface area contributed by atoms with Crippen LogP contribution < -0.4 is 5.90 Å². The smallest absolute Gasteiger partial charge is 0.111 e. The second kappa shape index (κ2) is 9.50. The molecular weight excluding hydrogens is 138 g/mol. The van der Waals surface area contributed by atoms with Crippen LogP contribution in [-0.4, -0.2) is 0 Å². The number of unbranched alkanes of at least 4 members (excludes halogenated alkanes) is 5. The Balaban J connectivity index is 2.85. The molecule has 0 N–H and O–H groups in total. The summed E-state index contributed by atoms with van der Waals surface area (Å²) < 4.78 is 0. The first-order valence-corrected chi connectivity index (χ1v) is 4.37. The van der Waals surface area contributed by atoms with Crippen molar-refractivity contribution in [3.05, 3.63) is 12.3 Å². The zero-order valence-corrected chi connectivity index (χ0v) is 7.25. The van der Waals surface area contributed by atoms with E-state index in [1.807, 2.05) is 6.08 Å². The lowest BCUT2D eigenvalue weighted by molar-refractivity contribution is 0.235. The van der Waals surface area contributed by atoms with Crippen molar-refractivity contribution < 1.29 is 4.84 Å². The number of nitrogens with zero attached hydrogens (tertiary/aromatic N) is 1. The molecular formula is C9H17NO. The largest absolute Gasteiger partial charge is 0.376 e. The third-order valence-electron chi connectivity index (χ3n) is 1.63. The van der Waals surface area contributed by atoms with Crippen molar-refractivity contribution >= 4 is 0 Å². The van der Waals surface area contributed by atoms with Gasteiger partial charge in [-0.3, -0.25) is 0 Å². The summed E-state index contributed by atoms with van der Waals surface area (Å²) in [5.74, 6) is 7.92. The van der Waals surface area contributed by atoms with Crippen LogP contribution >= 0.6 is 0 Å². The average Bonchev–Trinajstić information content (AvgIpc) is 2.03. The second-order valence-electron chi connectivity index (χ2n) is 2.68. The Bertz CT molecular complexity index is 91.6. The van der Waals surface area contributed by atoms with Gasteiger partial charge in [-0.15, -0.1) is 0 Å². The molecule has 0 heterocycles. The minimum Gasteiger partial charge on any atom is -0.376 e. The fourth-order valence-corrected chi connectivity index (χ4v) is 0.977. The highest BCUT2D eigenvalue weighted by Crippen LogP contribution is 2.04. The van der Waals surface area contributed by atoms with E-state index in [2.05, 4.69) is 11.8 Å². The molecule has 0 aliphatic heterocycles. The fourth-order valence-electron chi connectivity index (χ4n) is 0.977. The van der Waals surface area contributed by atoms with Crippen LogP contribution in [-0.2, 0) is 4.84 Å². The molecule has 11 heavy (non-hydrogen) atoms. The summed E-state index contributed by atoms with van der Waals surface area (Å²) in [7, 11) is 0. The Hall–Kier alpha value is -0.500. The van der Waals surface area contributed by atoms with Gasteiger partial charge in [0.15, 0.2) is 0 Å². The van der Waals surface area contributed by atoms with Gasteiger partial charge in [0.2, 0.25) is 0 Å². The third-order valence-corrected chi connectivity index (χ3v) is 1.63. The van der Waals surface area contributed by atoms with E-state index in [0.717, 1.165) is 6.42 Å². The van der Waals surface area contributed by atoms with Crippen LogP contribution in [0.2, 0.25) is 0 Å². The van der Waals surface area contributed by atoms with E-state index < -0.39 is 0 Å². The fraction of sp³-hybridized carbons (Fsp3) is 0.778. The van der Waals surface area contributed by atoms with Crippen molar-refractivity contribution in [2.45, 2.75) is 45.4 Å². The minimum atomic E-state index is 1.00. The highest BCUT2D eigenvalue weighted by Gasteiger charge is 1.85. The van der Waals surface area contributed by atoms with E-state index in [9.17, 15) is 0 Å². The monoisotopic (exact) mass is 155 g/mol. The maximum absolute atomic E-state index is 7.92. The summed E-state index contributed by atoms with van der Waals surface area (Å²) >= 11 is 0. The highest BCUT2D eigenvalue weighted by atomic mass is 16.6. The lowest BCUT2D eigenvalue weighted by Gasteiger charge is -1.95. The molecule has 0 aliphatic carbocycles. The summed E-state index contributed by atoms with van der Waals surface area (Å²) in [6, 6.07) is 0. The number of hydrogen-bond donors (Lipinski definition) is 0. The molecule has 0 saturated carbocycles. The number of rotatable bonds is 7. The molecule has 0 bridgehead atoms. The van der Waals surface area contributed by atoms with Crippen LogP contribution in [0.25, 0.3) is 0 Å². The van der Waals surface area contributed by atoms with Crippen LogP contribution in [0.3, 0.4) is 0 Å². The molecule has 0 aromatic rings. The lowest BCUT2D eigenvalue weighted by Crippen LogP contribution is -1.76. The van der Waals surface area contributed by atoms with Crippen molar-refractivity contribution in [3.8, 4) is 0 Å². The Labute approximate surface area is 69.4 Å². The predicted octanol–water partition coefficient (Wildman–Crippen LogP) is 2.86. The normalized spacial score (nSPS) is 10.7. The molecule has 0 fully saturated rings. The van der Waals surface area contributed by atoms with Gasteiger partial charge in [0.05, 0.1) is 0 Å². The molecule has 0 atom stereocenters. The van der Waals surface area contributed by atoms with Gasteiger partial charge in [-0.1, -0.05) is 32.6 Å². The summed E-state index contributed by atoms with van der Waals surface area (Å²) in [5.41, 5.74) is 0. The van der Waals surface area contributed by atoms with Crippen LogP contribution in [0.1, 0.15) is 45.4 Å². The van der Waals surface area contributed by atoms with Gasteiger partial charge in [0.1, 0.15) is 12.2 Å². The van der Waals surface area contributed by atoms with Gasteiger partial charge in [0, 0.05) is 0 Å². The zero-order chi connectivity index (χ0) is 8.36. The lowest BCUT2D eigenvalue weighted by atomic mass is 10.1. The molecule has 0 spiro atoms. The van der Waals surface area contributed by atoms with Crippen LogP contribution in [0.15, 0.2) is 12.3 Å². The van der Waals surface area contributed by atoms with E-state index in [-0.39, 0.29) is 0 Å². The first-order valence-electron chi connectivity index (χ1n) is 4.37.